The van der Waals surface area contributed by atoms with Crippen LogP contribution in [0.15, 0.2) is 46.9 Å². The van der Waals surface area contributed by atoms with Crippen molar-refractivity contribution in [3.05, 3.63) is 58.0 Å². The highest BCUT2D eigenvalue weighted by Crippen LogP contribution is 2.17. The predicted molar refractivity (Wildman–Crippen MR) is 104 cm³/mol. The van der Waals surface area contributed by atoms with Crippen LogP contribution in [0.25, 0.3) is 0 Å². The van der Waals surface area contributed by atoms with Crippen molar-refractivity contribution < 1.29 is 18.3 Å². The number of halogens is 2. The molecular formula is C18H18F2N4O2S2. The van der Waals surface area contributed by atoms with E-state index in [2.05, 4.69) is 25.2 Å². The number of nitrogens with zero attached hydrogens (tertiary/aromatic N) is 2. The zero-order chi connectivity index (χ0) is 19.8. The number of carbonyl (C=O) groups excluding carboxylic acids is 1. The largest absolute Gasteiger partial charge is 0.435 e. The first kappa shape index (κ1) is 20.3. The molecule has 3 rings (SSSR count). The number of benzene rings is 1. The quantitative estimate of drug-likeness (QED) is 0.487. The summed E-state index contributed by atoms with van der Waals surface area (Å²) in [7, 11) is 0. The van der Waals surface area contributed by atoms with Crippen molar-refractivity contribution in [1.29, 1.82) is 0 Å². The van der Waals surface area contributed by atoms with Gasteiger partial charge < -0.3 is 10.1 Å². The molecule has 2 heterocycles. The predicted octanol–water partition coefficient (Wildman–Crippen LogP) is 3.51. The van der Waals surface area contributed by atoms with E-state index in [1.807, 2.05) is 17.5 Å². The van der Waals surface area contributed by atoms with Gasteiger partial charge in [-0.05, 0) is 35.6 Å². The molecular weight excluding hydrogens is 406 g/mol. The number of hydrogen-bond donors (Lipinski definition) is 2. The standard InChI is InChI=1S/C18H18F2N4O2S2/c19-17(20)26-13-5-3-12(4-6-13)7-8-21-16(25)11-28-18-22-15(23-24-18)10-14-2-1-9-27-14/h1-6,9,17H,7-8,10-11H2,(H,21,25)(H,22,23,24). The number of H-pyrrole nitrogens is 1. The number of aromatic amines is 1. The molecule has 0 fully saturated rings. The third-order valence-corrected chi connectivity index (χ3v) is 5.37. The minimum Gasteiger partial charge on any atom is -0.435 e. The number of rotatable bonds is 10. The van der Waals surface area contributed by atoms with E-state index >= 15 is 0 Å². The number of aromatic nitrogens is 3. The summed E-state index contributed by atoms with van der Waals surface area (Å²) in [6.45, 7) is -2.38. The Labute approximate surface area is 168 Å². The van der Waals surface area contributed by atoms with Crippen LogP contribution in [0.5, 0.6) is 5.75 Å². The minimum atomic E-state index is -2.83. The van der Waals surface area contributed by atoms with E-state index in [1.54, 1.807) is 23.5 Å². The summed E-state index contributed by atoms with van der Waals surface area (Å²) in [5.41, 5.74) is 0.918. The second kappa shape index (κ2) is 10.2. The molecule has 0 unspecified atom stereocenters. The van der Waals surface area contributed by atoms with E-state index in [9.17, 15) is 13.6 Å². The van der Waals surface area contributed by atoms with Crippen molar-refractivity contribution in [2.75, 3.05) is 12.3 Å². The average Bonchev–Trinajstić information content (AvgIpc) is 3.33. The molecule has 148 valence electrons. The Morgan fingerprint density at radius 3 is 2.82 bits per heavy atom. The number of carbonyl (C=O) groups is 1. The molecule has 0 spiro atoms. The van der Waals surface area contributed by atoms with Gasteiger partial charge in [0, 0.05) is 17.8 Å². The topological polar surface area (TPSA) is 79.9 Å². The zero-order valence-electron chi connectivity index (χ0n) is 14.7. The van der Waals surface area contributed by atoms with E-state index in [4.69, 9.17) is 0 Å². The van der Waals surface area contributed by atoms with Gasteiger partial charge in [-0.1, -0.05) is 30.0 Å². The number of ether oxygens (including phenoxy) is 1. The maximum absolute atomic E-state index is 12.1. The molecule has 0 atom stereocenters. The van der Waals surface area contributed by atoms with Crippen LogP contribution in [0.1, 0.15) is 16.3 Å². The highest BCUT2D eigenvalue weighted by molar-refractivity contribution is 7.99. The Morgan fingerprint density at radius 1 is 1.29 bits per heavy atom. The van der Waals surface area contributed by atoms with Gasteiger partial charge in [0.25, 0.3) is 0 Å². The van der Waals surface area contributed by atoms with Crippen molar-refractivity contribution >= 4 is 29.0 Å². The summed E-state index contributed by atoms with van der Waals surface area (Å²) in [4.78, 5) is 17.5. The second-order valence-corrected chi connectivity index (χ2v) is 7.71. The summed E-state index contributed by atoms with van der Waals surface area (Å²) in [5.74, 6) is 0.985. The number of thioether (sulfide) groups is 1. The lowest BCUT2D eigenvalue weighted by Gasteiger charge is -2.07. The van der Waals surface area contributed by atoms with E-state index < -0.39 is 6.61 Å². The third kappa shape index (κ3) is 6.61. The first-order valence-corrected chi connectivity index (χ1v) is 10.3. The first-order valence-electron chi connectivity index (χ1n) is 8.45. The van der Waals surface area contributed by atoms with Crippen LogP contribution in [0.4, 0.5) is 8.78 Å². The molecule has 1 aromatic carbocycles. The Kier molecular flexibility index (Phi) is 7.38. The first-order chi connectivity index (χ1) is 13.6. The molecule has 2 N–H and O–H groups in total. The number of hydrogen-bond acceptors (Lipinski definition) is 6. The number of alkyl halides is 2. The molecule has 0 radical (unpaired) electrons. The van der Waals surface area contributed by atoms with Gasteiger partial charge in [-0.15, -0.1) is 16.4 Å². The summed E-state index contributed by atoms with van der Waals surface area (Å²) >= 11 is 2.92. The number of amides is 1. The Hall–Kier alpha value is -2.46. The van der Waals surface area contributed by atoms with Gasteiger partial charge in [-0.2, -0.15) is 8.78 Å². The number of thiophene rings is 1. The maximum Gasteiger partial charge on any atom is 0.387 e. The highest BCUT2D eigenvalue weighted by atomic mass is 32.2. The van der Waals surface area contributed by atoms with E-state index in [0.29, 0.717) is 24.5 Å². The molecule has 6 nitrogen and oxygen atoms in total. The third-order valence-electron chi connectivity index (χ3n) is 3.65. The molecule has 0 saturated carbocycles. The van der Waals surface area contributed by atoms with Gasteiger partial charge in [0.2, 0.25) is 11.1 Å². The normalized spacial score (nSPS) is 11.0. The van der Waals surface area contributed by atoms with Crippen LogP contribution >= 0.6 is 23.1 Å². The van der Waals surface area contributed by atoms with Gasteiger partial charge in [-0.25, -0.2) is 4.98 Å². The van der Waals surface area contributed by atoms with Crippen LogP contribution in [0.3, 0.4) is 0 Å². The summed E-state index contributed by atoms with van der Waals surface area (Å²) in [5, 5.41) is 12.4. The van der Waals surface area contributed by atoms with Crippen LogP contribution in [-0.2, 0) is 17.6 Å². The van der Waals surface area contributed by atoms with Gasteiger partial charge in [0.1, 0.15) is 11.6 Å². The van der Waals surface area contributed by atoms with E-state index in [-0.39, 0.29) is 17.4 Å². The van der Waals surface area contributed by atoms with E-state index in [0.717, 1.165) is 11.4 Å². The molecule has 0 aliphatic carbocycles. The van der Waals surface area contributed by atoms with Crippen LogP contribution < -0.4 is 10.1 Å². The monoisotopic (exact) mass is 424 g/mol. The van der Waals surface area contributed by atoms with Crippen LogP contribution in [0.2, 0.25) is 0 Å². The van der Waals surface area contributed by atoms with E-state index in [1.165, 1.54) is 28.8 Å². The summed E-state index contributed by atoms with van der Waals surface area (Å²) in [6.07, 6.45) is 1.29. The van der Waals surface area contributed by atoms with Crippen molar-refractivity contribution in [2.24, 2.45) is 0 Å². The SMILES string of the molecule is O=C(CSc1n[nH]c(Cc2cccs2)n1)NCCc1ccc(OC(F)F)cc1. The number of nitrogens with one attached hydrogen (secondary N) is 2. The highest BCUT2D eigenvalue weighted by Gasteiger charge is 2.09. The summed E-state index contributed by atoms with van der Waals surface area (Å²) in [6, 6.07) is 10.4. The molecule has 3 aromatic rings. The fourth-order valence-electron chi connectivity index (χ4n) is 2.36. The van der Waals surface area contributed by atoms with Crippen molar-refractivity contribution in [3.63, 3.8) is 0 Å². The lowest BCUT2D eigenvalue weighted by atomic mass is 10.1. The van der Waals surface area contributed by atoms with Crippen LogP contribution in [0, 0.1) is 0 Å². The smallest absolute Gasteiger partial charge is 0.387 e. The molecule has 0 aliphatic rings. The van der Waals surface area contributed by atoms with Crippen molar-refractivity contribution in [1.82, 2.24) is 20.5 Å². The summed E-state index contributed by atoms with van der Waals surface area (Å²) < 4.78 is 28.5. The average molecular weight is 424 g/mol. The van der Waals surface area contributed by atoms with Crippen molar-refractivity contribution in [3.8, 4) is 5.75 Å². The molecule has 0 aliphatic heterocycles. The Balaban J connectivity index is 1.35. The second-order valence-electron chi connectivity index (χ2n) is 5.73. The lowest BCUT2D eigenvalue weighted by molar-refractivity contribution is -0.118. The maximum atomic E-state index is 12.1. The molecule has 28 heavy (non-hydrogen) atoms. The van der Waals surface area contributed by atoms with Crippen LogP contribution in [-0.4, -0.2) is 40.0 Å². The molecule has 10 heteroatoms. The lowest BCUT2D eigenvalue weighted by Crippen LogP contribution is -2.27. The zero-order valence-corrected chi connectivity index (χ0v) is 16.4. The van der Waals surface area contributed by atoms with Gasteiger partial charge in [0.15, 0.2) is 0 Å². The van der Waals surface area contributed by atoms with Crippen molar-refractivity contribution in [2.45, 2.75) is 24.6 Å². The van der Waals surface area contributed by atoms with Gasteiger partial charge in [0.05, 0.1) is 5.75 Å². The fourth-order valence-corrected chi connectivity index (χ4v) is 3.72. The van der Waals surface area contributed by atoms with Gasteiger partial charge >= 0.3 is 6.61 Å². The minimum absolute atomic E-state index is 0.115. The molecule has 0 saturated heterocycles. The molecule has 0 bridgehead atoms. The molecule has 1 amide bonds. The fraction of sp³-hybridized carbons (Fsp3) is 0.278. The Morgan fingerprint density at radius 2 is 2.11 bits per heavy atom. The molecule has 2 aromatic heterocycles. The Bertz CT molecular complexity index is 870. The van der Waals surface area contributed by atoms with Gasteiger partial charge in [-0.3, -0.25) is 9.89 Å².